The van der Waals surface area contributed by atoms with E-state index in [0.29, 0.717) is 6.54 Å². The van der Waals surface area contributed by atoms with E-state index in [-0.39, 0.29) is 17.5 Å². The number of nitrogens with one attached hydrogen (secondary N) is 2. The average molecular weight is 265 g/mol. The summed E-state index contributed by atoms with van der Waals surface area (Å²) in [5.41, 5.74) is -0.159. The van der Waals surface area contributed by atoms with E-state index >= 15 is 0 Å². The van der Waals surface area contributed by atoms with E-state index < -0.39 is 0 Å². The summed E-state index contributed by atoms with van der Waals surface area (Å²) < 4.78 is 0. The molecule has 0 bridgehead atoms. The Morgan fingerprint density at radius 1 is 1.53 bits per heavy atom. The predicted octanol–water partition coefficient (Wildman–Crippen LogP) is 1.07. The summed E-state index contributed by atoms with van der Waals surface area (Å²) in [5.74, 6) is 0.125. The summed E-state index contributed by atoms with van der Waals surface area (Å²) in [7, 11) is 1.82. The van der Waals surface area contributed by atoms with Crippen LogP contribution in [0.5, 0.6) is 0 Å². The number of rotatable bonds is 5. The fraction of sp³-hybridized carbons (Fsp3) is 0.692. The zero-order chi connectivity index (χ0) is 14.3. The monoisotopic (exact) mass is 265 g/mol. The molecule has 1 fully saturated rings. The van der Waals surface area contributed by atoms with Gasteiger partial charge in [0.25, 0.3) is 0 Å². The Kier molecular flexibility index (Phi) is 5.82. The molecule has 6 nitrogen and oxygen atoms in total. The number of hydrogen-bond donors (Lipinski definition) is 2. The zero-order valence-electron chi connectivity index (χ0n) is 11.9. The first-order valence-corrected chi connectivity index (χ1v) is 6.54. The maximum Gasteiger partial charge on any atom is 0.240 e. The number of likely N-dealkylation sites (tertiary alicyclic amines) is 1. The smallest absolute Gasteiger partial charge is 0.240 e. The van der Waals surface area contributed by atoms with E-state index in [2.05, 4.69) is 29.1 Å². The van der Waals surface area contributed by atoms with Crippen molar-refractivity contribution in [3.63, 3.8) is 0 Å². The largest absolute Gasteiger partial charge is 0.331 e. The van der Waals surface area contributed by atoms with Gasteiger partial charge in [0, 0.05) is 11.8 Å². The number of amides is 1. The van der Waals surface area contributed by atoms with Crippen LogP contribution in [0.3, 0.4) is 0 Å². The molecular weight excluding hydrogens is 242 g/mol. The van der Waals surface area contributed by atoms with Gasteiger partial charge in [-0.1, -0.05) is 0 Å². The molecule has 1 saturated heterocycles. The highest BCUT2D eigenvalue weighted by Crippen LogP contribution is 2.26. The van der Waals surface area contributed by atoms with Crippen molar-refractivity contribution in [1.29, 1.82) is 5.41 Å². The normalized spacial score (nSPS) is 24.1. The second kappa shape index (κ2) is 7.13. The van der Waals surface area contributed by atoms with E-state index in [4.69, 9.17) is 5.41 Å². The van der Waals surface area contributed by atoms with Crippen LogP contribution in [0.2, 0.25) is 0 Å². The van der Waals surface area contributed by atoms with Crippen LogP contribution in [0.25, 0.3) is 0 Å². The van der Waals surface area contributed by atoms with Crippen LogP contribution in [0.15, 0.2) is 9.98 Å². The van der Waals surface area contributed by atoms with Crippen LogP contribution in [0.1, 0.15) is 33.1 Å². The molecule has 1 amide bonds. The van der Waals surface area contributed by atoms with E-state index in [9.17, 15) is 4.79 Å². The minimum absolute atomic E-state index is 0.106. The van der Waals surface area contributed by atoms with E-state index in [1.807, 2.05) is 11.9 Å². The van der Waals surface area contributed by atoms with Crippen LogP contribution in [0.4, 0.5) is 0 Å². The highest BCUT2D eigenvalue weighted by molar-refractivity contribution is 5.86. The number of carbonyl (C=O) groups excluding carboxylic acids is 1. The minimum Gasteiger partial charge on any atom is -0.331 e. The minimum atomic E-state index is -0.159. The Morgan fingerprint density at radius 2 is 2.26 bits per heavy atom. The highest BCUT2D eigenvalue weighted by Gasteiger charge is 2.36. The van der Waals surface area contributed by atoms with Crippen molar-refractivity contribution >= 4 is 24.8 Å². The molecule has 0 aromatic carbocycles. The molecule has 6 heteroatoms. The summed E-state index contributed by atoms with van der Waals surface area (Å²) >= 11 is 0. The van der Waals surface area contributed by atoms with E-state index in [0.717, 1.165) is 25.6 Å². The molecule has 0 aliphatic carbocycles. The third-order valence-electron chi connectivity index (χ3n) is 3.50. The molecule has 0 saturated carbocycles. The van der Waals surface area contributed by atoms with Gasteiger partial charge in [-0.05, 0) is 40.2 Å². The van der Waals surface area contributed by atoms with Crippen molar-refractivity contribution in [2.45, 2.75) is 44.7 Å². The molecule has 0 spiro atoms. The Hall–Kier alpha value is -1.56. The third-order valence-corrected chi connectivity index (χ3v) is 3.50. The lowest BCUT2D eigenvalue weighted by atomic mass is 9.97. The van der Waals surface area contributed by atoms with Gasteiger partial charge in [0.05, 0.1) is 12.6 Å². The van der Waals surface area contributed by atoms with Crippen LogP contribution in [-0.4, -0.2) is 54.9 Å². The maximum atomic E-state index is 12.4. The van der Waals surface area contributed by atoms with E-state index in [1.54, 1.807) is 6.21 Å². The van der Waals surface area contributed by atoms with Crippen LogP contribution >= 0.6 is 0 Å². The molecule has 0 radical (unpaired) electrons. The van der Waals surface area contributed by atoms with Crippen LogP contribution in [-0.2, 0) is 4.79 Å². The highest BCUT2D eigenvalue weighted by atomic mass is 16.2. The first-order chi connectivity index (χ1) is 9.03. The van der Waals surface area contributed by atoms with Crippen molar-refractivity contribution in [2.24, 2.45) is 9.98 Å². The van der Waals surface area contributed by atoms with Gasteiger partial charge in [-0.2, -0.15) is 0 Å². The summed E-state index contributed by atoms with van der Waals surface area (Å²) in [6.07, 6.45) is 6.78. The molecule has 106 valence electrons. The van der Waals surface area contributed by atoms with Gasteiger partial charge in [0.1, 0.15) is 12.7 Å². The molecule has 1 atom stereocenters. The Morgan fingerprint density at radius 3 is 2.89 bits per heavy atom. The number of hydrogen-bond acceptors (Lipinski definition) is 3. The van der Waals surface area contributed by atoms with E-state index in [1.165, 1.54) is 6.34 Å². The molecule has 2 N–H and O–H groups in total. The molecule has 1 heterocycles. The fourth-order valence-electron chi connectivity index (χ4n) is 2.34. The summed E-state index contributed by atoms with van der Waals surface area (Å²) in [4.78, 5) is 21.8. The van der Waals surface area contributed by atoms with Crippen molar-refractivity contribution in [3.05, 3.63) is 0 Å². The first kappa shape index (κ1) is 15.5. The standard InChI is InChI=1S/C13H23N5O/c1-13(2)6-4-5-11(15-3)12(19)18(13)8-7-16-10-17-9-14/h7,9-11,14-15H,4-6,8H2,1-3H3/b14-9?,16-7+,17-10-. The lowest BCUT2D eigenvalue weighted by Gasteiger charge is -2.37. The predicted molar refractivity (Wildman–Crippen MR) is 78.3 cm³/mol. The first-order valence-electron chi connectivity index (χ1n) is 6.54. The second-order valence-electron chi connectivity index (χ2n) is 5.22. The third kappa shape index (κ3) is 4.24. The SMILES string of the molecule is CNC1CCCC(C)(C)N(C/C=N/C=N\C=N)C1=O. The Labute approximate surface area is 114 Å². The molecule has 0 aromatic rings. The molecule has 1 unspecified atom stereocenters. The van der Waals surface area contributed by atoms with Gasteiger partial charge < -0.3 is 10.2 Å². The van der Waals surface area contributed by atoms with Crippen LogP contribution < -0.4 is 5.32 Å². The average Bonchev–Trinajstić information content (AvgIpc) is 2.47. The lowest BCUT2D eigenvalue weighted by molar-refractivity contribution is -0.136. The quantitative estimate of drug-likeness (QED) is 0.576. The molecular formula is C13H23N5O. The summed E-state index contributed by atoms with van der Waals surface area (Å²) in [5, 5.41) is 9.82. The maximum absolute atomic E-state index is 12.4. The fourth-order valence-corrected chi connectivity index (χ4v) is 2.34. The van der Waals surface area contributed by atoms with Crippen molar-refractivity contribution in [2.75, 3.05) is 13.6 Å². The Bertz CT molecular complexity index is 375. The molecule has 1 rings (SSSR count). The lowest BCUT2D eigenvalue weighted by Crippen LogP contribution is -2.52. The molecule has 1 aliphatic heterocycles. The Balaban J connectivity index is 2.78. The molecule has 1 aliphatic rings. The van der Waals surface area contributed by atoms with Gasteiger partial charge in [-0.3, -0.25) is 10.2 Å². The topological polar surface area (TPSA) is 80.9 Å². The van der Waals surface area contributed by atoms with Gasteiger partial charge in [-0.15, -0.1) is 0 Å². The number of aliphatic imine (C=N–C) groups is 2. The summed E-state index contributed by atoms with van der Waals surface area (Å²) in [6.45, 7) is 4.64. The van der Waals surface area contributed by atoms with Crippen molar-refractivity contribution in [1.82, 2.24) is 10.2 Å². The van der Waals surface area contributed by atoms with Crippen LogP contribution in [0, 0.1) is 5.41 Å². The number of nitrogens with zero attached hydrogens (tertiary/aromatic N) is 3. The zero-order valence-corrected chi connectivity index (χ0v) is 11.9. The molecule has 0 aromatic heterocycles. The van der Waals surface area contributed by atoms with Gasteiger partial charge in [-0.25, -0.2) is 9.98 Å². The summed E-state index contributed by atoms with van der Waals surface area (Å²) in [6, 6.07) is -0.106. The number of carbonyl (C=O) groups is 1. The van der Waals surface area contributed by atoms with Gasteiger partial charge in [0.15, 0.2) is 0 Å². The van der Waals surface area contributed by atoms with Gasteiger partial charge in [0.2, 0.25) is 5.91 Å². The number of likely N-dealkylation sites (N-methyl/N-ethyl adjacent to an activating group) is 1. The van der Waals surface area contributed by atoms with Crippen molar-refractivity contribution in [3.8, 4) is 0 Å². The van der Waals surface area contributed by atoms with Crippen molar-refractivity contribution < 1.29 is 4.79 Å². The van der Waals surface area contributed by atoms with Gasteiger partial charge >= 0.3 is 0 Å². The second-order valence-corrected chi connectivity index (χ2v) is 5.22. The molecule has 19 heavy (non-hydrogen) atoms.